The highest BCUT2D eigenvalue weighted by Gasteiger charge is 2.12. The van der Waals surface area contributed by atoms with E-state index in [1.54, 1.807) is 0 Å². The van der Waals surface area contributed by atoms with Crippen LogP contribution in [0.1, 0.15) is 48.0 Å². The summed E-state index contributed by atoms with van der Waals surface area (Å²) in [6.45, 7) is 24.0. The molecule has 1 aliphatic rings. The summed E-state index contributed by atoms with van der Waals surface area (Å²) >= 11 is 4.78. The summed E-state index contributed by atoms with van der Waals surface area (Å²) in [5.74, 6) is 0. The first-order valence-corrected chi connectivity index (χ1v) is 13.7. The van der Waals surface area contributed by atoms with Crippen LogP contribution in [0.15, 0.2) is 52.0 Å². The number of anilines is 1. The molecule has 2 rings (SSSR count). The fraction of sp³-hybridized carbons (Fsp3) is 0.607. The molecular weight excluding hydrogens is 438 g/mol. The van der Waals surface area contributed by atoms with Gasteiger partial charge in [0.1, 0.15) is 0 Å². The Labute approximate surface area is 214 Å². The number of likely N-dealkylation sites (N-methyl/N-ethyl adjacent to an activating group) is 4. The van der Waals surface area contributed by atoms with Gasteiger partial charge in [0, 0.05) is 67.7 Å². The van der Waals surface area contributed by atoms with Gasteiger partial charge in [0.2, 0.25) is 0 Å². The second-order valence-electron chi connectivity index (χ2n) is 8.66. The standard InChI is InChI=1S/C28H47N5S/c1-7-30(8-2)19-21-32(11-5)25-15-13-24(14-16-25)29-27-18-17-26(23-28(27)34)33(12-6)22-20-31(9-3)10-4/h13,15-18,23,34H,7-12,14,19-22H2,1-6H3. The average Bonchev–Trinajstić information content (AvgIpc) is 2.87. The summed E-state index contributed by atoms with van der Waals surface area (Å²) in [5, 5.41) is 0. The molecule has 190 valence electrons. The molecule has 0 saturated carbocycles. The third-order valence-corrected chi connectivity index (χ3v) is 7.20. The van der Waals surface area contributed by atoms with Crippen LogP contribution in [-0.2, 0) is 0 Å². The predicted molar refractivity (Wildman–Crippen MR) is 153 cm³/mol. The van der Waals surface area contributed by atoms with E-state index < -0.39 is 0 Å². The molecule has 0 N–H and O–H groups in total. The second-order valence-corrected chi connectivity index (χ2v) is 9.14. The lowest BCUT2D eigenvalue weighted by Gasteiger charge is -2.29. The minimum absolute atomic E-state index is 0.855. The van der Waals surface area contributed by atoms with Crippen molar-refractivity contribution < 1.29 is 0 Å². The minimum atomic E-state index is 0.855. The molecule has 0 amide bonds. The Kier molecular flexibility index (Phi) is 12.8. The molecule has 34 heavy (non-hydrogen) atoms. The fourth-order valence-electron chi connectivity index (χ4n) is 4.35. The van der Waals surface area contributed by atoms with Gasteiger partial charge in [-0.2, -0.15) is 0 Å². The van der Waals surface area contributed by atoms with Crippen molar-refractivity contribution in [2.45, 2.75) is 52.9 Å². The van der Waals surface area contributed by atoms with Crippen LogP contribution >= 0.6 is 12.6 Å². The number of thiol groups is 1. The summed E-state index contributed by atoms with van der Waals surface area (Å²) in [4.78, 5) is 15.7. The van der Waals surface area contributed by atoms with Crippen LogP contribution in [0.5, 0.6) is 0 Å². The van der Waals surface area contributed by atoms with Crippen molar-refractivity contribution >= 4 is 29.7 Å². The van der Waals surface area contributed by atoms with Crippen LogP contribution in [-0.4, -0.2) is 85.9 Å². The van der Waals surface area contributed by atoms with E-state index in [1.807, 2.05) is 0 Å². The summed E-state index contributed by atoms with van der Waals surface area (Å²) in [7, 11) is 0. The van der Waals surface area contributed by atoms with E-state index in [2.05, 4.69) is 97.6 Å². The highest BCUT2D eigenvalue weighted by Crippen LogP contribution is 2.29. The molecular formula is C28H47N5S. The molecule has 0 atom stereocenters. The van der Waals surface area contributed by atoms with Gasteiger partial charge in [0.05, 0.1) is 5.69 Å². The van der Waals surface area contributed by atoms with Gasteiger partial charge < -0.3 is 19.6 Å². The lowest BCUT2D eigenvalue weighted by atomic mass is 10.1. The van der Waals surface area contributed by atoms with Crippen molar-refractivity contribution in [2.75, 3.05) is 70.3 Å². The molecule has 0 saturated heterocycles. The summed E-state index contributed by atoms with van der Waals surface area (Å²) < 4.78 is 0. The molecule has 0 spiro atoms. The Balaban J connectivity index is 2.02. The molecule has 1 aliphatic carbocycles. The Hall–Kier alpha value is -1.76. The number of nitrogens with zero attached hydrogens (tertiary/aromatic N) is 5. The van der Waals surface area contributed by atoms with E-state index in [4.69, 9.17) is 17.6 Å². The number of hydrogen-bond donors (Lipinski definition) is 1. The van der Waals surface area contributed by atoms with Gasteiger partial charge in [-0.3, -0.25) is 4.99 Å². The fourth-order valence-corrected chi connectivity index (χ4v) is 4.60. The van der Waals surface area contributed by atoms with Crippen LogP contribution in [0.25, 0.3) is 0 Å². The number of rotatable bonds is 15. The maximum Gasteiger partial charge on any atom is 0.0767 e. The molecule has 0 radical (unpaired) electrons. The predicted octanol–water partition coefficient (Wildman–Crippen LogP) is 5.72. The van der Waals surface area contributed by atoms with Crippen LogP contribution in [0.4, 0.5) is 11.4 Å². The number of benzene rings is 1. The van der Waals surface area contributed by atoms with Crippen molar-refractivity contribution in [2.24, 2.45) is 4.99 Å². The molecule has 1 aromatic carbocycles. The summed E-state index contributed by atoms with van der Waals surface area (Å²) in [6.07, 6.45) is 7.54. The van der Waals surface area contributed by atoms with Crippen molar-refractivity contribution in [1.29, 1.82) is 0 Å². The Bertz CT molecular complexity index is 824. The first kappa shape index (κ1) is 28.5. The van der Waals surface area contributed by atoms with Crippen LogP contribution in [0, 0.1) is 0 Å². The largest absolute Gasteiger partial charge is 0.371 e. The van der Waals surface area contributed by atoms with Gasteiger partial charge in [-0.25, -0.2) is 0 Å². The lowest BCUT2D eigenvalue weighted by molar-refractivity contribution is 0.253. The number of allylic oxidation sites excluding steroid dienone is 3. The molecule has 0 bridgehead atoms. The van der Waals surface area contributed by atoms with Gasteiger partial charge in [-0.15, -0.1) is 12.6 Å². The molecule has 0 aliphatic heterocycles. The highest BCUT2D eigenvalue weighted by molar-refractivity contribution is 7.80. The Morgan fingerprint density at radius 3 is 1.79 bits per heavy atom. The lowest BCUT2D eigenvalue weighted by Crippen LogP contribution is -2.35. The number of hydrogen-bond acceptors (Lipinski definition) is 6. The van der Waals surface area contributed by atoms with E-state index in [-0.39, 0.29) is 0 Å². The van der Waals surface area contributed by atoms with Crippen molar-refractivity contribution in [3.05, 3.63) is 42.1 Å². The Morgan fingerprint density at radius 1 is 0.735 bits per heavy atom. The monoisotopic (exact) mass is 485 g/mol. The molecule has 1 aromatic rings. The normalized spacial score (nSPS) is 14.9. The molecule has 0 unspecified atom stereocenters. The van der Waals surface area contributed by atoms with E-state index in [1.165, 1.54) is 11.4 Å². The quantitative estimate of drug-likeness (QED) is 0.321. The molecule has 0 aromatic heterocycles. The van der Waals surface area contributed by atoms with E-state index >= 15 is 0 Å². The maximum absolute atomic E-state index is 4.92. The molecule has 0 fully saturated rings. The minimum Gasteiger partial charge on any atom is -0.371 e. The number of aliphatic imine (C=N–C) groups is 1. The first-order chi connectivity index (χ1) is 16.5. The SMILES string of the molecule is CCN(CC)CCN(CC)C1=CCC(=Nc2ccc(N(CC)CCN(CC)CC)cc2S)C=C1. The van der Waals surface area contributed by atoms with E-state index in [0.29, 0.717) is 0 Å². The van der Waals surface area contributed by atoms with E-state index in [9.17, 15) is 0 Å². The second kappa shape index (κ2) is 15.3. The topological polar surface area (TPSA) is 25.3 Å². The summed E-state index contributed by atoms with van der Waals surface area (Å²) in [6, 6.07) is 6.46. The van der Waals surface area contributed by atoms with Crippen LogP contribution in [0.3, 0.4) is 0 Å². The van der Waals surface area contributed by atoms with Gasteiger partial charge in [-0.1, -0.05) is 33.8 Å². The third kappa shape index (κ3) is 8.47. The van der Waals surface area contributed by atoms with Crippen molar-refractivity contribution in [3.63, 3.8) is 0 Å². The zero-order chi connectivity index (χ0) is 24.9. The van der Waals surface area contributed by atoms with Gasteiger partial charge in [0.15, 0.2) is 0 Å². The smallest absolute Gasteiger partial charge is 0.0767 e. The van der Waals surface area contributed by atoms with Crippen molar-refractivity contribution in [1.82, 2.24) is 14.7 Å². The molecule has 5 nitrogen and oxygen atoms in total. The maximum atomic E-state index is 4.92. The van der Waals surface area contributed by atoms with Gasteiger partial charge in [0.25, 0.3) is 0 Å². The van der Waals surface area contributed by atoms with E-state index in [0.717, 1.165) is 88.2 Å². The average molecular weight is 486 g/mol. The third-order valence-electron chi connectivity index (χ3n) is 6.84. The van der Waals surface area contributed by atoms with Gasteiger partial charge >= 0.3 is 0 Å². The zero-order valence-corrected chi connectivity index (χ0v) is 23.3. The van der Waals surface area contributed by atoms with Crippen LogP contribution in [0.2, 0.25) is 0 Å². The highest BCUT2D eigenvalue weighted by atomic mass is 32.1. The van der Waals surface area contributed by atoms with Crippen molar-refractivity contribution in [3.8, 4) is 0 Å². The zero-order valence-electron chi connectivity index (χ0n) is 22.4. The Morgan fingerprint density at radius 2 is 1.32 bits per heavy atom. The summed E-state index contributed by atoms with van der Waals surface area (Å²) in [5.41, 5.74) is 4.55. The molecule has 0 heterocycles. The van der Waals surface area contributed by atoms with Crippen LogP contribution < -0.4 is 4.90 Å². The first-order valence-electron chi connectivity index (χ1n) is 13.2. The van der Waals surface area contributed by atoms with Gasteiger partial charge in [-0.05, 0) is 70.4 Å². The molecule has 6 heteroatoms.